The van der Waals surface area contributed by atoms with Crippen LogP contribution < -0.4 is 0 Å². The zero-order valence-electron chi connectivity index (χ0n) is 19.4. The minimum atomic E-state index is -1.82. The van der Waals surface area contributed by atoms with Gasteiger partial charge >= 0.3 is 5.97 Å². The Morgan fingerprint density at radius 2 is 1.83 bits per heavy atom. The summed E-state index contributed by atoms with van der Waals surface area (Å²) >= 11 is 0. The minimum Gasteiger partial charge on any atom is -0.465 e. The topological polar surface area (TPSA) is 52.6 Å². The van der Waals surface area contributed by atoms with Crippen LogP contribution in [0.2, 0.25) is 16.6 Å². The molecule has 0 amide bonds. The van der Waals surface area contributed by atoms with E-state index in [2.05, 4.69) is 59.9 Å². The first-order valence-corrected chi connectivity index (χ1v) is 13.3. The molecule has 0 radical (unpaired) electrons. The number of hydrogen-bond donors (Lipinski definition) is 0. The van der Waals surface area contributed by atoms with E-state index in [9.17, 15) is 9.59 Å². The highest BCUT2D eigenvalue weighted by Crippen LogP contribution is 2.48. The fourth-order valence-electron chi connectivity index (χ4n) is 5.64. The molecule has 0 bridgehead atoms. The highest BCUT2D eigenvalue weighted by Gasteiger charge is 2.55. The van der Waals surface area contributed by atoms with Crippen LogP contribution in [0.15, 0.2) is 12.2 Å². The largest absolute Gasteiger partial charge is 0.465 e. The molecule has 5 heteroatoms. The van der Waals surface area contributed by atoms with Crippen LogP contribution in [-0.4, -0.2) is 39.1 Å². The number of carbonyl (C=O) groups excluding carboxylic acids is 2. The number of fused-ring (bicyclic) bond motifs is 1. The van der Waals surface area contributed by atoms with E-state index in [0.29, 0.717) is 29.7 Å². The molecule has 2 aliphatic rings. The van der Waals surface area contributed by atoms with Gasteiger partial charge in [0.2, 0.25) is 0 Å². The van der Waals surface area contributed by atoms with Crippen LogP contribution in [0.4, 0.5) is 0 Å². The zero-order chi connectivity index (χ0) is 22.0. The van der Waals surface area contributed by atoms with Crippen molar-refractivity contribution in [3.05, 3.63) is 12.2 Å². The van der Waals surface area contributed by atoms with Crippen LogP contribution in [0, 0.1) is 28.7 Å². The monoisotopic (exact) mass is 418 g/mol. The Hall–Kier alpha value is -1.38. The Morgan fingerprint density at radius 1 is 1.24 bits per heavy atom. The molecule has 1 saturated heterocycles. The van der Waals surface area contributed by atoms with E-state index < -0.39 is 20.0 Å². The number of hydrogen-bond acceptors (Lipinski definition) is 4. The number of rotatable bonds is 6. The van der Waals surface area contributed by atoms with Crippen molar-refractivity contribution < 1.29 is 19.1 Å². The first-order chi connectivity index (χ1) is 13.5. The van der Waals surface area contributed by atoms with Gasteiger partial charge in [0.15, 0.2) is 5.78 Å². The van der Waals surface area contributed by atoms with Gasteiger partial charge in [-0.05, 0) is 29.6 Å². The van der Waals surface area contributed by atoms with Crippen LogP contribution in [0.5, 0.6) is 0 Å². The van der Waals surface area contributed by atoms with Crippen molar-refractivity contribution in [2.75, 3.05) is 13.2 Å². The lowest BCUT2D eigenvalue weighted by molar-refractivity contribution is -0.155. The summed E-state index contributed by atoms with van der Waals surface area (Å²) in [5.41, 5.74) is 5.10. The van der Waals surface area contributed by atoms with E-state index >= 15 is 0 Å². The minimum absolute atomic E-state index is 0.176. The number of ether oxygens (including phenoxy) is 2. The van der Waals surface area contributed by atoms with Gasteiger partial charge < -0.3 is 9.47 Å². The molecule has 4 nitrogen and oxygen atoms in total. The van der Waals surface area contributed by atoms with Gasteiger partial charge in [-0.3, -0.25) is 9.59 Å². The fourth-order valence-corrected chi connectivity index (χ4v) is 10.9. The first kappa shape index (κ1) is 23.9. The first-order valence-electron chi connectivity index (χ1n) is 11.0. The third-order valence-electron chi connectivity index (χ3n) is 7.08. The molecule has 0 N–H and O–H groups in total. The molecular weight excluding hydrogens is 380 g/mol. The van der Waals surface area contributed by atoms with Crippen molar-refractivity contribution >= 4 is 19.8 Å². The predicted octanol–water partition coefficient (Wildman–Crippen LogP) is 4.94. The maximum absolute atomic E-state index is 12.6. The Bertz CT molecular complexity index is 690. The molecular formula is C24H38O4Si. The Labute approximate surface area is 177 Å². The van der Waals surface area contributed by atoms with Crippen molar-refractivity contribution in [1.29, 1.82) is 0 Å². The molecule has 0 aromatic rings. The molecule has 0 aromatic carbocycles. The van der Waals surface area contributed by atoms with Gasteiger partial charge in [0, 0.05) is 17.8 Å². The van der Waals surface area contributed by atoms with Crippen LogP contribution in [0.3, 0.4) is 0 Å². The molecule has 162 valence electrons. The summed E-state index contributed by atoms with van der Waals surface area (Å²) in [6, 6.07) is 0. The van der Waals surface area contributed by atoms with Gasteiger partial charge in [-0.1, -0.05) is 54.5 Å². The second-order valence-electron chi connectivity index (χ2n) is 9.75. The average molecular weight is 419 g/mol. The van der Waals surface area contributed by atoms with Crippen LogP contribution in [-0.2, 0) is 19.1 Å². The Balaban J connectivity index is 2.33. The molecule has 1 unspecified atom stereocenters. The second-order valence-corrected chi connectivity index (χ2v) is 15.3. The number of allylic oxidation sites excluding steroid dienone is 1. The van der Waals surface area contributed by atoms with E-state index in [4.69, 9.17) is 9.47 Å². The van der Waals surface area contributed by atoms with Crippen molar-refractivity contribution in [1.82, 2.24) is 0 Å². The lowest BCUT2D eigenvalue weighted by Crippen LogP contribution is -2.45. The number of carbonyl (C=O) groups is 2. The van der Waals surface area contributed by atoms with Crippen LogP contribution >= 0.6 is 0 Å². The SMILES string of the molecule is CCOC(=O)C1C(=O)C=C[C@@]2(C)CO[C@@H](CC#C[Si](C(C)C)(C(C)C)C(C)C)[C@H]12. The molecule has 1 heterocycles. The molecule has 29 heavy (non-hydrogen) atoms. The molecule has 0 spiro atoms. The van der Waals surface area contributed by atoms with Crippen LogP contribution in [0.25, 0.3) is 0 Å². The smallest absolute Gasteiger partial charge is 0.317 e. The number of esters is 1. The Kier molecular flexibility index (Phi) is 7.56. The van der Waals surface area contributed by atoms with Gasteiger partial charge in [-0.25, -0.2) is 0 Å². The van der Waals surface area contributed by atoms with E-state index in [1.807, 2.05) is 6.08 Å². The van der Waals surface area contributed by atoms with Gasteiger partial charge in [0.25, 0.3) is 0 Å². The predicted molar refractivity (Wildman–Crippen MR) is 119 cm³/mol. The Morgan fingerprint density at radius 3 is 2.34 bits per heavy atom. The van der Waals surface area contributed by atoms with Crippen molar-refractivity contribution in [2.24, 2.45) is 17.3 Å². The summed E-state index contributed by atoms with van der Waals surface area (Å²) in [6.45, 7) is 18.4. The third-order valence-corrected chi connectivity index (χ3v) is 13.4. The normalized spacial score (nSPS) is 29.2. The maximum Gasteiger partial charge on any atom is 0.317 e. The summed E-state index contributed by atoms with van der Waals surface area (Å²) in [5, 5.41) is 0. The van der Waals surface area contributed by atoms with Gasteiger partial charge in [0.05, 0.1) is 19.3 Å². The van der Waals surface area contributed by atoms with Crippen LogP contribution in [0.1, 0.15) is 61.8 Å². The molecule has 1 aliphatic carbocycles. The second kappa shape index (κ2) is 9.18. The van der Waals surface area contributed by atoms with Crippen molar-refractivity contribution in [3.63, 3.8) is 0 Å². The lowest BCUT2D eigenvalue weighted by atomic mass is 9.65. The van der Waals surface area contributed by atoms with Gasteiger partial charge in [-0.15, -0.1) is 11.5 Å². The van der Waals surface area contributed by atoms with E-state index in [0.717, 1.165) is 0 Å². The highest BCUT2D eigenvalue weighted by atomic mass is 28.3. The summed E-state index contributed by atoms with van der Waals surface area (Å²) in [4.78, 5) is 25.1. The fraction of sp³-hybridized carbons (Fsp3) is 0.750. The summed E-state index contributed by atoms with van der Waals surface area (Å²) in [7, 11) is -1.82. The van der Waals surface area contributed by atoms with E-state index in [-0.39, 0.29) is 29.8 Å². The molecule has 1 aliphatic heterocycles. The van der Waals surface area contributed by atoms with Gasteiger partial charge in [0.1, 0.15) is 14.0 Å². The molecule has 1 fully saturated rings. The maximum atomic E-state index is 12.6. The van der Waals surface area contributed by atoms with Crippen molar-refractivity contribution in [3.8, 4) is 11.5 Å². The van der Waals surface area contributed by atoms with Crippen molar-refractivity contribution in [2.45, 2.75) is 84.5 Å². The lowest BCUT2D eigenvalue weighted by Gasteiger charge is -2.38. The van der Waals surface area contributed by atoms with Gasteiger partial charge in [-0.2, -0.15) is 0 Å². The number of ketones is 1. The highest BCUT2D eigenvalue weighted by molar-refractivity contribution is 6.90. The zero-order valence-corrected chi connectivity index (χ0v) is 20.4. The molecule has 0 saturated carbocycles. The average Bonchev–Trinajstić information content (AvgIpc) is 2.95. The summed E-state index contributed by atoms with van der Waals surface area (Å²) < 4.78 is 11.3. The molecule has 2 rings (SSSR count). The quantitative estimate of drug-likeness (QED) is 0.265. The summed E-state index contributed by atoms with van der Waals surface area (Å²) in [6.07, 6.45) is 3.77. The summed E-state index contributed by atoms with van der Waals surface area (Å²) in [5.74, 6) is 1.85. The standard InChI is InChI=1S/C24H38O4Si/c1-9-27-23(26)21-19(25)12-13-24(8)15-28-20(22(21)24)11-10-14-29(16(2)3,17(4)5)18(6)7/h12-13,16-18,20-22H,9,11,15H2,1-8H3/t20-,21?,22+,24-/m0/s1. The molecule has 4 atom stereocenters. The van der Waals surface area contributed by atoms with E-state index in [1.165, 1.54) is 6.08 Å². The van der Waals surface area contributed by atoms with E-state index in [1.54, 1.807) is 6.92 Å². The molecule has 0 aromatic heterocycles. The third kappa shape index (κ3) is 4.39.